The lowest BCUT2D eigenvalue weighted by atomic mass is 10.0. The second kappa shape index (κ2) is 11.8. The smallest absolute Gasteiger partial charge is 0.455 e. The molecular weight excluding hydrogens is 571 g/mol. The second-order valence-electron chi connectivity index (χ2n) is 8.69. The standard InChI is InChI=1S/C29H20ClF5N2O4/c1-15-13-22(36-28(39)37-27(38)24-20(31)9-6-10-21(24)32)16(2)25(30)26(15)40-23-12-11-18(41-29(33,34)35)14-19(23)17-7-4-3-5-8-17/h3-14H,1-2H3,(H2,36,37,38,39). The van der Waals surface area contributed by atoms with Crippen LogP contribution >= 0.6 is 11.6 Å². The zero-order valence-electron chi connectivity index (χ0n) is 21.3. The maximum Gasteiger partial charge on any atom is 0.573 e. The minimum absolute atomic E-state index is 0.0569. The Labute approximate surface area is 235 Å². The summed E-state index contributed by atoms with van der Waals surface area (Å²) in [5.41, 5.74) is 0.810. The molecule has 0 unspecified atom stereocenters. The van der Waals surface area contributed by atoms with Crippen LogP contribution in [0.3, 0.4) is 0 Å². The minimum atomic E-state index is -4.89. The zero-order valence-corrected chi connectivity index (χ0v) is 22.1. The lowest BCUT2D eigenvalue weighted by Gasteiger charge is -2.19. The van der Waals surface area contributed by atoms with Crippen LogP contribution in [-0.4, -0.2) is 18.3 Å². The van der Waals surface area contributed by atoms with E-state index >= 15 is 0 Å². The number of ether oxygens (including phenoxy) is 2. The van der Waals surface area contributed by atoms with E-state index in [4.69, 9.17) is 16.3 Å². The Morgan fingerprint density at radius 3 is 2.17 bits per heavy atom. The first-order valence-corrected chi connectivity index (χ1v) is 12.2. The van der Waals surface area contributed by atoms with Gasteiger partial charge in [-0.2, -0.15) is 0 Å². The lowest BCUT2D eigenvalue weighted by molar-refractivity contribution is -0.274. The second-order valence-corrected chi connectivity index (χ2v) is 9.07. The first kappa shape index (κ1) is 29.3. The van der Waals surface area contributed by atoms with Gasteiger partial charge in [0.15, 0.2) is 0 Å². The SMILES string of the molecule is Cc1cc(NC(=O)NC(=O)c2c(F)cccc2F)c(C)c(Cl)c1Oc1ccc(OC(F)(F)F)cc1-c1ccccc1. The fourth-order valence-corrected chi connectivity index (χ4v) is 4.18. The van der Waals surface area contributed by atoms with E-state index in [-0.39, 0.29) is 22.2 Å². The van der Waals surface area contributed by atoms with Gasteiger partial charge in [-0.05, 0) is 66.9 Å². The van der Waals surface area contributed by atoms with Gasteiger partial charge in [-0.1, -0.05) is 48.0 Å². The van der Waals surface area contributed by atoms with E-state index in [1.807, 2.05) is 5.32 Å². The Kier molecular flexibility index (Phi) is 8.48. The third-order valence-electron chi connectivity index (χ3n) is 5.80. The topological polar surface area (TPSA) is 76.7 Å². The van der Waals surface area contributed by atoms with Crippen LogP contribution in [0.2, 0.25) is 5.02 Å². The quantitative estimate of drug-likeness (QED) is 0.221. The number of imide groups is 1. The van der Waals surface area contributed by atoms with Crippen LogP contribution in [0.5, 0.6) is 17.2 Å². The number of halogens is 6. The van der Waals surface area contributed by atoms with E-state index in [9.17, 15) is 31.5 Å². The van der Waals surface area contributed by atoms with Gasteiger partial charge in [0.05, 0.1) is 5.02 Å². The minimum Gasteiger partial charge on any atom is -0.455 e. The number of aryl methyl sites for hydroxylation is 1. The molecule has 0 saturated carbocycles. The van der Waals surface area contributed by atoms with Crippen molar-refractivity contribution < 1.29 is 41.0 Å². The van der Waals surface area contributed by atoms with Crippen LogP contribution in [0.4, 0.5) is 32.4 Å². The van der Waals surface area contributed by atoms with Crippen molar-refractivity contribution in [3.05, 3.63) is 106 Å². The van der Waals surface area contributed by atoms with Crippen LogP contribution < -0.4 is 20.1 Å². The summed E-state index contributed by atoms with van der Waals surface area (Å²) in [5, 5.41) is 4.33. The van der Waals surface area contributed by atoms with E-state index in [1.54, 1.807) is 44.2 Å². The molecule has 0 aliphatic heterocycles. The molecule has 12 heteroatoms. The number of nitrogens with one attached hydrogen (secondary N) is 2. The van der Waals surface area contributed by atoms with Gasteiger partial charge in [0.1, 0.15) is 34.4 Å². The molecule has 3 amide bonds. The normalized spacial score (nSPS) is 11.1. The third-order valence-corrected chi connectivity index (χ3v) is 6.25. The molecule has 0 fully saturated rings. The highest BCUT2D eigenvalue weighted by Gasteiger charge is 2.31. The molecule has 0 heterocycles. The van der Waals surface area contributed by atoms with E-state index in [0.29, 0.717) is 22.3 Å². The first-order chi connectivity index (χ1) is 19.3. The van der Waals surface area contributed by atoms with Crippen LogP contribution in [0.1, 0.15) is 21.5 Å². The Balaban J connectivity index is 1.61. The first-order valence-electron chi connectivity index (χ1n) is 11.8. The molecule has 0 atom stereocenters. The molecule has 0 spiro atoms. The predicted octanol–water partition coefficient (Wildman–Crippen LogP) is 8.55. The summed E-state index contributed by atoms with van der Waals surface area (Å²) < 4.78 is 76.4. The number of rotatable bonds is 6. The number of amides is 3. The Morgan fingerprint density at radius 2 is 1.54 bits per heavy atom. The molecule has 0 aliphatic rings. The molecule has 0 saturated heterocycles. The molecule has 4 rings (SSSR count). The molecule has 4 aromatic rings. The van der Waals surface area contributed by atoms with E-state index < -0.39 is 41.2 Å². The van der Waals surface area contributed by atoms with Gasteiger partial charge in [-0.15, -0.1) is 13.2 Å². The summed E-state index contributed by atoms with van der Waals surface area (Å²) in [6, 6.07) is 15.3. The molecule has 4 aromatic carbocycles. The van der Waals surface area contributed by atoms with Gasteiger partial charge in [-0.3, -0.25) is 10.1 Å². The van der Waals surface area contributed by atoms with Crippen molar-refractivity contribution in [3.8, 4) is 28.4 Å². The summed E-state index contributed by atoms with van der Waals surface area (Å²) in [6.45, 7) is 3.15. The Hall–Kier alpha value is -4.64. The number of anilines is 1. The summed E-state index contributed by atoms with van der Waals surface area (Å²) in [7, 11) is 0. The summed E-state index contributed by atoms with van der Waals surface area (Å²) in [4.78, 5) is 24.7. The van der Waals surface area contributed by atoms with Gasteiger partial charge in [-0.25, -0.2) is 13.6 Å². The van der Waals surface area contributed by atoms with E-state index in [2.05, 4.69) is 10.1 Å². The highest BCUT2D eigenvalue weighted by atomic mass is 35.5. The highest BCUT2D eigenvalue weighted by Crippen LogP contribution is 2.43. The average molecular weight is 591 g/mol. The molecule has 41 heavy (non-hydrogen) atoms. The number of hydrogen-bond acceptors (Lipinski definition) is 4. The number of benzene rings is 4. The van der Waals surface area contributed by atoms with Crippen molar-refractivity contribution in [1.29, 1.82) is 0 Å². The average Bonchev–Trinajstić information content (AvgIpc) is 2.89. The van der Waals surface area contributed by atoms with Crippen molar-refractivity contribution >= 4 is 29.2 Å². The van der Waals surface area contributed by atoms with Crippen LogP contribution in [0.15, 0.2) is 72.8 Å². The van der Waals surface area contributed by atoms with Gasteiger partial charge >= 0.3 is 12.4 Å². The monoisotopic (exact) mass is 590 g/mol. The largest absolute Gasteiger partial charge is 0.573 e. The zero-order chi connectivity index (χ0) is 29.9. The van der Waals surface area contributed by atoms with Gasteiger partial charge in [0, 0.05) is 11.3 Å². The summed E-state index contributed by atoms with van der Waals surface area (Å²) in [6.07, 6.45) is -4.89. The Morgan fingerprint density at radius 1 is 0.878 bits per heavy atom. The van der Waals surface area contributed by atoms with E-state index in [1.165, 1.54) is 18.2 Å². The van der Waals surface area contributed by atoms with Crippen molar-refractivity contribution in [2.45, 2.75) is 20.2 Å². The van der Waals surface area contributed by atoms with Crippen molar-refractivity contribution in [3.63, 3.8) is 0 Å². The van der Waals surface area contributed by atoms with Crippen LogP contribution in [0.25, 0.3) is 11.1 Å². The molecule has 2 N–H and O–H groups in total. The summed E-state index contributed by atoms with van der Waals surface area (Å²) in [5.74, 6) is -3.69. The van der Waals surface area contributed by atoms with Crippen LogP contribution in [-0.2, 0) is 0 Å². The van der Waals surface area contributed by atoms with Crippen molar-refractivity contribution in [2.24, 2.45) is 0 Å². The maximum atomic E-state index is 13.9. The maximum absolute atomic E-state index is 13.9. The molecule has 0 aliphatic carbocycles. The number of hydrogen-bond donors (Lipinski definition) is 2. The van der Waals surface area contributed by atoms with Crippen molar-refractivity contribution in [2.75, 3.05) is 5.32 Å². The van der Waals surface area contributed by atoms with Crippen molar-refractivity contribution in [1.82, 2.24) is 5.32 Å². The molecule has 6 nitrogen and oxygen atoms in total. The molecule has 0 aromatic heterocycles. The fraction of sp³-hybridized carbons (Fsp3) is 0.103. The fourth-order valence-electron chi connectivity index (χ4n) is 3.89. The van der Waals surface area contributed by atoms with Gasteiger partial charge < -0.3 is 14.8 Å². The highest BCUT2D eigenvalue weighted by molar-refractivity contribution is 6.33. The number of urea groups is 1. The van der Waals surface area contributed by atoms with Gasteiger partial charge in [0.2, 0.25) is 0 Å². The molecule has 212 valence electrons. The van der Waals surface area contributed by atoms with E-state index in [0.717, 1.165) is 24.3 Å². The van der Waals surface area contributed by atoms with Crippen LogP contribution in [0, 0.1) is 25.5 Å². The molecule has 0 bridgehead atoms. The predicted molar refractivity (Wildman–Crippen MR) is 142 cm³/mol. The third kappa shape index (κ3) is 6.93. The number of alkyl halides is 3. The summed E-state index contributed by atoms with van der Waals surface area (Å²) >= 11 is 6.56. The Bertz CT molecular complexity index is 1610. The number of carbonyl (C=O) groups is 2. The van der Waals surface area contributed by atoms with Gasteiger partial charge in [0.25, 0.3) is 5.91 Å². The molecular formula is C29H20ClF5N2O4. The number of carbonyl (C=O) groups excluding carboxylic acids is 2. The lowest BCUT2D eigenvalue weighted by Crippen LogP contribution is -2.35. The molecule has 0 radical (unpaired) electrons.